The highest BCUT2D eigenvalue weighted by Gasteiger charge is 2.21. The summed E-state index contributed by atoms with van der Waals surface area (Å²) in [5.74, 6) is 0.148. The number of rotatable bonds is 7. The van der Waals surface area contributed by atoms with E-state index in [4.69, 9.17) is 9.72 Å². The van der Waals surface area contributed by atoms with Crippen LogP contribution in [0.25, 0.3) is 11.0 Å². The molecule has 0 unspecified atom stereocenters. The zero-order valence-corrected chi connectivity index (χ0v) is 21.7. The summed E-state index contributed by atoms with van der Waals surface area (Å²) in [5, 5.41) is 10.4. The normalized spacial score (nSPS) is 14.8. The molecule has 36 heavy (non-hydrogen) atoms. The Morgan fingerprint density at radius 1 is 1.11 bits per heavy atom. The van der Waals surface area contributed by atoms with Gasteiger partial charge in [0, 0.05) is 63.3 Å². The molecule has 3 heterocycles. The maximum atomic E-state index is 13.3. The largest absolute Gasteiger partial charge is 0.491 e. The SMILES string of the molecule is Cc1nn(C)c2nc(CCN3CCN(C)CC3)c(C(=O)NC(=O)Nc3cccc(OC(C)C)c3)cc12. The first-order valence-corrected chi connectivity index (χ1v) is 12.3. The van der Waals surface area contributed by atoms with Crippen molar-refractivity contribution in [3.63, 3.8) is 0 Å². The minimum Gasteiger partial charge on any atom is -0.491 e. The van der Waals surface area contributed by atoms with Crippen molar-refractivity contribution < 1.29 is 14.3 Å². The Morgan fingerprint density at radius 3 is 2.58 bits per heavy atom. The lowest BCUT2D eigenvalue weighted by atomic mass is 10.1. The number of aryl methyl sites for hydroxylation is 2. The number of carbonyl (C=O) groups is 2. The fourth-order valence-corrected chi connectivity index (χ4v) is 4.35. The van der Waals surface area contributed by atoms with Crippen LogP contribution in [0.4, 0.5) is 10.5 Å². The molecule has 1 saturated heterocycles. The molecular formula is C26H35N7O3. The van der Waals surface area contributed by atoms with E-state index in [0.29, 0.717) is 29.1 Å². The molecule has 10 nitrogen and oxygen atoms in total. The predicted molar refractivity (Wildman–Crippen MR) is 140 cm³/mol. The van der Waals surface area contributed by atoms with Gasteiger partial charge in [-0.2, -0.15) is 5.10 Å². The predicted octanol–water partition coefficient (Wildman–Crippen LogP) is 2.82. The summed E-state index contributed by atoms with van der Waals surface area (Å²) in [5.41, 5.74) is 3.09. The maximum Gasteiger partial charge on any atom is 0.326 e. The van der Waals surface area contributed by atoms with Crippen molar-refractivity contribution in [2.24, 2.45) is 7.05 Å². The summed E-state index contributed by atoms with van der Waals surface area (Å²) in [4.78, 5) is 35.4. The first-order valence-electron chi connectivity index (χ1n) is 12.3. The number of piperazine rings is 1. The summed E-state index contributed by atoms with van der Waals surface area (Å²) in [6.07, 6.45) is 0.612. The van der Waals surface area contributed by atoms with Gasteiger partial charge in [0.2, 0.25) is 0 Å². The van der Waals surface area contributed by atoms with E-state index in [-0.39, 0.29) is 6.10 Å². The van der Waals surface area contributed by atoms with E-state index in [1.165, 1.54) is 0 Å². The van der Waals surface area contributed by atoms with Crippen LogP contribution in [0, 0.1) is 6.92 Å². The van der Waals surface area contributed by atoms with Gasteiger partial charge in [-0.25, -0.2) is 9.78 Å². The number of ether oxygens (including phenoxy) is 1. The van der Waals surface area contributed by atoms with Crippen molar-refractivity contribution in [1.82, 2.24) is 29.9 Å². The van der Waals surface area contributed by atoms with Crippen LogP contribution in [-0.2, 0) is 13.5 Å². The molecule has 0 atom stereocenters. The van der Waals surface area contributed by atoms with E-state index in [9.17, 15) is 9.59 Å². The van der Waals surface area contributed by atoms with Crippen molar-refractivity contribution in [3.8, 4) is 5.75 Å². The van der Waals surface area contributed by atoms with Crippen molar-refractivity contribution in [3.05, 3.63) is 47.3 Å². The number of hydrogen-bond donors (Lipinski definition) is 2. The number of nitrogens with one attached hydrogen (secondary N) is 2. The van der Waals surface area contributed by atoms with Gasteiger partial charge >= 0.3 is 6.03 Å². The third kappa shape index (κ3) is 6.19. The lowest BCUT2D eigenvalue weighted by Gasteiger charge is -2.32. The number of urea groups is 1. The number of aromatic nitrogens is 3. The van der Waals surface area contributed by atoms with Gasteiger partial charge < -0.3 is 19.9 Å². The maximum absolute atomic E-state index is 13.3. The minimum absolute atomic E-state index is 0.0123. The number of anilines is 1. The molecule has 3 aromatic rings. The molecular weight excluding hydrogens is 458 g/mol. The topological polar surface area (TPSA) is 105 Å². The zero-order valence-electron chi connectivity index (χ0n) is 21.7. The van der Waals surface area contributed by atoms with Crippen molar-refractivity contribution in [1.29, 1.82) is 0 Å². The van der Waals surface area contributed by atoms with Gasteiger partial charge in [-0.3, -0.25) is 14.8 Å². The average Bonchev–Trinajstić information content (AvgIpc) is 3.10. The Balaban J connectivity index is 1.51. The molecule has 0 aliphatic carbocycles. The molecule has 0 spiro atoms. The average molecular weight is 494 g/mol. The lowest BCUT2D eigenvalue weighted by Crippen LogP contribution is -2.45. The molecule has 1 aliphatic rings. The molecule has 0 saturated carbocycles. The number of benzene rings is 1. The highest BCUT2D eigenvalue weighted by molar-refractivity contribution is 6.09. The van der Waals surface area contributed by atoms with Crippen LogP contribution < -0.4 is 15.4 Å². The van der Waals surface area contributed by atoms with E-state index in [2.05, 4.69) is 32.6 Å². The fourth-order valence-electron chi connectivity index (χ4n) is 4.35. The lowest BCUT2D eigenvalue weighted by molar-refractivity contribution is 0.0965. The van der Waals surface area contributed by atoms with Gasteiger partial charge in [0.25, 0.3) is 5.91 Å². The Labute approximate surface area is 211 Å². The van der Waals surface area contributed by atoms with Gasteiger partial charge in [-0.15, -0.1) is 0 Å². The number of amides is 3. The number of hydrogen-bond acceptors (Lipinski definition) is 7. The zero-order chi connectivity index (χ0) is 25.8. The number of carbonyl (C=O) groups excluding carboxylic acids is 2. The molecule has 10 heteroatoms. The molecule has 2 aromatic heterocycles. The van der Waals surface area contributed by atoms with Gasteiger partial charge in [0.1, 0.15) is 5.75 Å². The summed E-state index contributed by atoms with van der Waals surface area (Å²) in [7, 11) is 3.97. The number of pyridine rings is 1. The van der Waals surface area contributed by atoms with Gasteiger partial charge in [0.15, 0.2) is 5.65 Å². The quantitative estimate of drug-likeness (QED) is 0.522. The standard InChI is InChI=1S/C26H35N7O3/c1-17(2)36-20-8-6-7-19(15-20)27-26(35)29-25(34)22-16-21-18(3)30-32(5)24(21)28-23(22)9-10-33-13-11-31(4)12-14-33/h6-8,15-17H,9-14H2,1-5H3,(H2,27,29,34,35). The molecule has 2 N–H and O–H groups in total. The monoisotopic (exact) mass is 493 g/mol. The van der Waals surface area contributed by atoms with Crippen molar-refractivity contribution >= 4 is 28.7 Å². The van der Waals surface area contributed by atoms with E-state index >= 15 is 0 Å². The molecule has 4 rings (SSSR count). The fraction of sp³-hybridized carbons (Fsp3) is 0.462. The summed E-state index contributed by atoms with van der Waals surface area (Å²) >= 11 is 0. The van der Waals surface area contributed by atoms with Crippen LogP contribution in [0.3, 0.4) is 0 Å². The second-order valence-electron chi connectivity index (χ2n) is 9.56. The highest BCUT2D eigenvalue weighted by Crippen LogP contribution is 2.21. The number of fused-ring (bicyclic) bond motifs is 1. The molecule has 1 aromatic carbocycles. The van der Waals surface area contributed by atoms with Crippen LogP contribution in [0.15, 0.2) is 30.3 Å². The molecule has 0 radical (unpaired) electrons. The summed E-state index contributed by atoms with van der Waals surface area (Å²) in [6, 6.07) is 8.24. The molecule has 1 aliphatic heterocycles. The second kappa shape index (κ2) is 11.0. The Bertz CT molecular complexity index is 1250. The molecule has 3 amide bonds. The van der Waals surface area contributed by atoms with Crippen LogP contribution >= 0.6 is 0 Å². The van der Waals surface area contributed by atoms with Crippen LogP contribution in [0.2, 0.25) is 0 Å². The first kappa shape index (κ1) is 25.6. The minimum atomic E-state index is -0.616. The molecule has 192 valence electrons. The second-order valence-corrected chi connectivity index (χ2v) is 9.56. The Hall–Kier alpha value is -3.50. The number of imide groups is 1. The van der Waals surface area contributed by atoms with Crippen LogP contribution in [0.1, 0.15) is 35.6 Å². The Kier molecular flexibility index (Phi) is 7.85. The van der Waals surface area contributed by atoms with E-state index in [1.807, 2.05) is 33.9 Å². The smallest absolute Gasteiger partial charge is 0.326 e. The highest BCUT2D eigenvalue weighted by atomic mass is 16.5. The van der Waals surface area contributed by atoms with Crippen molar-refractivity contribution in [2.45, 2.75) is 33.3 Å². The van der Waals surface area contributed by atoms with E-state index in [1.54, 1.807) is 28.9 Å². The van der Waals surface area contributed by atoms with E-state index < -0.39 is 11.9 Å². The van der Waals surface area contributed by atoms with Gasteiger partial charge in [-0.1, -0.05) is 6.07 Å². The van der Waals surface area contributed by atoms with Gasteiger partial charge in [0.05, 0.1) is 23.1 Å². The van der Waals surface area contributed by atoms with Gasteiger partial charge in [-0.05, 0) is 46.0 Å². The molecule has 0 bridgehead atoms. The van der Waals surface area contributed by atoms with Crippen LogP contribution in [0.5, 0.6) is 5.75 Å². The summed E-state index contributed by atoms with van der Waals surface area (Å²) < 4.78 is 7.40. The van der Waals surface area contributed by atoms with Crippen LogP contribution in [-0.4, -0.2) is 82.4 Å². The Morgan fingerprint density at radius 2 is 1.86 bits per heavy atom. The van der Waals surface area contributed by atoms with Crippen molar-refractivity contribution in [2.75, 3.05) is 45.1 Å². The number of nitrogens with zero attached hydrogens (tertiary/aromatic N) is 5. The first-order chi connectivity index (χ1) is 17.2. The third-order valence-electron chi connectivity index (χ3n) is 6.27. The number of likely N-dealkylation sites (N-methyl/N-ethyl adjacent to an activating group) is 1. The van der Waals surface area contributed by atoms with E-state index in [0.717, 1.165) is 49.5 Å². The third-order valence-corrected chi connectivity index (χ3v) is 6.27. The molecule has 1 fully saturated rings. The summed E-state index contributed by atoms with van der Waals surface area (Å²) in [6.45, 7) is 10.5.